The first-order chi connectivity index (χ1) is 14.8. The molecule has 0 bridgehead atoms. The van der Waals surface area contributed by atoms with Crippen molar-refractivity contribution in [3.63, 3.8) is 0 Å². The Hall–Kier alpha value is -3.32. The predicted octanol–water partition coefficient (Wildman–Crippen LogP) is 5.26. The van der Waals surface area contributed by atoms with Gasteiger partial charge in [-0.2, -0.15) is 0 Å². The van der Waals surface area contributed by atoms with Gasteiger partial charge in [0.15, 0.2) is 0 Å². The lowest BCUT2D eigenvalue weighted by atomic mass is 9.98. The zero-order valence-corrected chi connectivity index (χ0v) is 17.1. The molecular weight excluding hydrogens is 426 g/mol. The summed E-state index contributed by atoms with van der Waals surface area (Å²) in [4.78, 5) is 30.1. The average Bonchev–Trinajstić information content (AvgIpc) is 2.73. The van der Waals surface area contributed by atoms with Crippen molar-refractivity contribution in [2.24, 2.45) is 0 Å². The molecular formula is C23H19ClF2N2O3. The standard InChI is InChI=1S/C23H19ClF2N2O3/c24-20-6-2-1-5-19(20)21(7-8-22(29)30)28(14-15-4-3-9-27-13-15)23(31)16-10-17(25)12-18(26)11-16/h1-6,9-13,21H,7-8,14H2,(H,29,30)/t21-/m0/s1. The number of pyridine rings is 1. The fraction of sp³-hybridized carbons (Fsp3) is 0.174. The summed E-state index contributed by atoms with van der Waals surface area (Å²) in [5, 5.41) is 9.59. The number of nitrogens with zero attached hydrogens (tertiary/aromatic N) is 2. The van der Waals surface area contributed by atoms with E-state index in [4.69, 9.17) is 11.6 Å². The topological polar surface area (TPSA) is 70.5 Å². The maximum Gasteiger partial charge on any atom is 0.303 e. The van der Waals surface area contributed by atoms with E-state index in [1.807, 2.05) is 0 Å². The summed E-state index contributed by atoms with van der Waals surface area (Å²) in [5.74, 6) is -3.46. The molecule has 5 nitrogen and oxygen atoms in total. The molecule has 0 spiro atoms. The Morgan fingerprint density at radius 1 is 1.06 bits per heavy atom. The Labute approximate surface area is 182 Å². The number of aliphatic carboxylic acids is 1. The molecule has 1 amide bonds. The minimum absolute atomic E-state index is 0.0420. The van der Waals surface area contributed by atoms with Crippen LogP contribution in [-0.4, -0.2) is 26.9 Å². The van der Waals surface area contributed by atoms with Gasteiger partial charge in [-0.25, -0.2) is 8.78 Å². The van der Waals surface area contributed by atoms with Gasteiger partial charge in [0.1, 0.15) is 11.6 Å². The van der Waals surface area contributed by atoms with Crippen LogP contribution in [0.25, 0.3) is 0 Å². The first kappa shape index (κ1) is 22.4. The molecule has 0 saturated carbocycles. The molecule has 160 valence electrons. The first-order valence-electron chi connectivity index (χ1n) is 9.47. The molecule has 1 aromatic heterocycles. The molecule has 8 heteroatoms. The van der Waals surface area contributed by atoms with Crippen molar-refractivity contribution in [1.82, 2.24) is 9.88 Å². The highest BCUT2D eigenvalue weighted by Crippen LogP contribution is 2.33. The largest absolute Gasteiger partial charge is 0.481 e. The lowest BCUT2D eigenvalue weighted by molar-refractivity contribution is -0.137. The Bertz CT molecular complexity index is 1060. The number of halogens is 3. The van der Waals surface area contributed by atoms with Gasteiger partial charge >= 0.3 is 5.97 Å². The maximum absolute atomic E-state index is 13.8. The SMILES string of the molecule is O=C(O)CC[C@@H](c1ccccc1Cl)N(Cc1cccnc1)C(=O)c1cc(F)cc(F)c1. The summed E-state index contributed by atoms with van der Waals surface area (Å²) in [7, 11) is 0. The summed E-state index contributed by atoms with van der Waals surface area (Å²) in [6, 6.07) is 12.1. The molecule has 0 unspecified atom stereocenters. The third-order valence-electron chi connectivity index (χ3n) is 4.72. The van der Waals surface area contributed by atoms with Crippen LogP contribution in [0.5, 0.6) is 0 Å². The van der Waals surface area contributed by atoms with Crippen LogP contribution in [-0.2, 0) is 11.3 Å². The number of carboxylic acids is 1. The van der Waals surface area contributed by atoms with Crippen molar-refractivity contribution >= 4 is 23.5 Å². The van der Waals surface area contributed by atoms with E-state index in [1.165, 1.54) is 4.90 Å². The zero-order valence-electron chi connectivity index (χ0n) is 16.3. The van der Waals surface area contributed by atoms with Crippen molar-refractivity contribution in [2.75, 3.05) is 0 Å². The van der Waals surface area contributed by atoms with Gasteiger partial charge in [-0.3, -0.25) is 14.6 Å². The molecule has 0 aliphatic heterocycles. The van der Waals surface area contributed by atoms with E-state index >= 15 is 0 Å². The molecule has 1 heterocycles. The van der Waals surface area contributed by atoms with E-state index in [9.17, 15) is 23.5 Å². The lowest BCUT2D eigenvalue weighted by Crippen LogP contribution is -2.35. The van der Waals surface area contributed by atoms with Gasteiger partial charge < -0.3 is 10.0 Å². The minimum Gasteiger partial charge on any atom is -0.481 e. The molecule has 3 rings (SSSR count). The Morgan fingerprint density at radius 3 is 2.39 bits per heavy atom. The molecule has 0 saturated heterocycles. The molecule has 0 aliphatic carbocycles. The first-order valence-corrected chi connectivity index (χ1v) is 9.85. The highest BCUT2D eigenvalue weighted by molar-refractivity contribution is 6.31. The smallest absolute Gasteiger partial charge is 0.303 e. The van der Waals surface area contributed by atoms with Gasteiger partial charge in [0.05, 0.1) is 6.04 Å². The highest BCUT2D eigenvalue weighted by Gasteiger charge is 2.29. The number of amides is 1. The molecule has 2 aromatic carbocycles. The number of rotatable bonds is 8. The number of benzene rings is 2. The summed E-state index contributed by atoms with van der Waals surface area (Å²) in [6.45, 7) is 0.0420. The van der Waals surface area contributed by atoms with Crippen LogP contribution in [0.15, 0.2) is 67.0 Å². The van der Waals surface area contributed by atoms with Crippen LogP contribution >= 0.6 is 11.6 Å². The normalized spacial score (nSPS) is 11.7. The van der Waals surface area contributed by atoms with Crippen LogP contribution < -0.4 is 0 Å². The predicted molar refractivity (Wildman–Crippen MR) is 112 cm³/mol. The van der Waals surface area contributed by atoms with E-state index in [0.29, 0.717) is 22.2 Å². The Balaban J connectivity index is 2.09. The molecule has 0 aliphatic rings. The van der Waals surface area contributed by atoms with Crippen LogP contribution in [0.4, 0.5) is 8.78 Å². The van der Waals surface area contributed by atoms with Crippen LogP contribution in [0.2, 0.25) is 5.02 Å². The van der Waals surface area contributed by atoms with Crippen molar-refractivity contribution in [3.05, 3.63) is 100 Å². The second kappa shape index (κ2) is 10.1. The average molecular weight is 445 g/mol. The molecule has 1 N–H and O–H groups in total. The number of carbonyl (C=O) groups excluding carboxylic acids is 1. The third kappa shape index (κ3) is 5.86. The fourth-order valence-electron chi connectivity index (χ4n) is 3.34. The zero-order chi connectivity index (χ0) is 22.4. The Morgan fingerprint density at radius 2 is 1.77 bits per heavy atom. The second-order valence-corrected chi connectivity index (χ2v) is 7.33. The summed E-state index contributed by atoms with van der Waals surface area (Å²) in [6.07, 6.45) is 2.97. The fourth-order valence-corrected chi connectivity index (χ4v) is 3.60. The number of hydrogen-bond donors (Lipinski definition) is 1. The van der Waals surface area contributed by atoms with E-state index in [1.54, 1.807) is 48.8 Å². The van der Waals surface area contributed by atoms with Crippen LogP contribution in [0, 0.1) is 11.6 Å². The van der Waals surface area contributed by atoms with Gasteiger partial charge in [-0.05, 0) is 41.8 Å². The van der Waals surface area contributed by atoms with E-state index < -0.39 is 29.6 Å². The summed E-state index contributed by atoms with van der Waals surface area (Å²) in [5.41, 5.74) is 1.02. The van der Waals surface area contributed by atoms with E-state index in [-0.39, 0.29) is 24.9 Å². The molecule has 0 fully saturated rings. The monoisotopic (exact) mass is 444 g/mol. The van der Waals surface area contributed by atoms with Crippen molar-refractivity contribution in [3.8, 4) is 0 Å². The van der Waals surface area contributed by atoms with Gasteiger partial charge in [-0.15, -0.1) is 0 Å². The number of carbonyl (C=O) groups is 2. The van der Waals surface area contributed by atoms with E-state index in [2.05, 4.69) is 4.98 Å². The number of carboxylic acid groups (broad SMARTS) is 1. The quantitative estimate of drug-likeness (QED) is 0.514. The third-order valence-corrected chi connectivity index (χ3v) is 5.06. The molecule has 1 atom stereocenters. The van der Waals surface area contributed by atoms with Crippen LogP contribution in [0.1, 0.15) is 40.4 Å². The number of hydrogen-bond acceptors (Lipinski definition) is 3. The van der Waals surface area contributed by atoms with Crippen molar-refractivity contribution in [1.29, 1.82) is 0 Å². The maximum atomic E-state index is 13.8. The van der Waals surface area contributed by atoms with Crippen molar-refractivity contribution in [2.45, 2.75) is 25.4 Å². The van der Waals surface area contributed by atoms with E-state index in [0.717, 1.165) is 12.1 Å². The number of aromatic nitrogens is 1. The lowest BCUT2D eigenvalue weighted by Gasteiger charge is -2.33. The molecule has 3 aromatic rings. The second-order valence-electron chi connectivity index (χ2n) is 6.92. The summed E-state index contributed by atoms with van der Waals surface area (Å²) < 4.78 is 27.6. The minimum atomic E-state index is -1.04. The van der Waals surface area contributed by atoms with Gasteiger partial charge in [-0.1, -0.05) is 35.9 Å². The van der Waals surface area contributed by atoms with Crippen molar-refractivity contribution < 1.29 is 23.5 Å². The highest BCUT2D eigenvalue weighted by atomic mass is 35.5. The van der Waals surface area contributed by atoms with Crippen LogP contribution in [0.3, 0.4) is 0 Å². The van der Waals surface area contributed by atoms with Gasteiger partial charge in [0.25, 0.3) is 5.91 Å². The molecule has 0 radical (unpaired) electrons. The molecule has 31 heavy (non-hydrogen) atoms. The Kier molecular flexibility index (Phi) is 7.31. The summed E-state index contributed by atoms with van der Waals surface area (Å²) >= 11 is 6.36. The van der Waals surface area contributed by atoms with Gasteiger partial charge in [0.2, 0.25) is 0 Å². The van der Waals surface area contributed by atoms with Gasteiger partial charge in [0, 0.05) is 42.0 Å².